The van der Waals surface area contributed by atoms with Crippen LogP contribution in [0.1, 0.15) is 61.5 Å². The van der Waals surface area contributed by atoms with Gasteiger partial charge in [0, 0.05) is 63.4 Å². The van der Waals surface area contributed by atoms with Crippen LogP contribution in [0.5, 0.6) is 5.75 Å². The fraction of sp³-hybridized carbons (Fsp3) is 0.452. The third kappa shape index (κ3) is 5.92. The van der Waals surface area contributed by atoms with Gasteiger partial charge in [0.15, 0.2) is 0 Å². The van der Waals surface area contributed by atoms with Crippen LogP contribution in [-0.4, -0.2) is 49.4 Å². The molecule has 1 saturated heterocycles. The van der Waals surface area contributed by atoms with Gasteiger partial charge >= 0.3 is 5.97 Å². The zero-order valence-electron chi connectivity index (χ0n) is 23.2. The first-order chi connectivity index (χ1) is 19.8. The standard InChI is InChI=1S/C31H35F2N5O3/c1-36-14-11-22(35-36)20-41-24-9-10-27-28(18-24)38(29(34-27)25-7-2-3-8-26(25)30(39)40)19-21-5-4-6-23(17-21)37-15-12-31(32,33)13-16-37/h4-6,9-11,14,17-18,25-26H,2-3,7-8,12-13,15-16,19-20H2,1H3,(H,39,40)/t25?,26-/m1/s1. The SMILES string of the molecule is Cn1ccc(COc2ccc3nc(C4CCCC[C@H]4C(=O)O)n(Cc4cccc(N5CCC(F)(F)CC5)c4)c3c2)n1. The van der Waals surface area contributed by atoms with Crippen LogP contribution < -0.4 is 9.64 Å². The van der Waals surface area contributed by atoms with E-state index in [1.54, 1.807) is 4.68 Å². The summed E-state index contributed by atoms with van der Waals surface area (Å²) in [5.41, 5.74) is 4.40. The summed E-state index contributed by atoms with van der Waals surface area (Å²) in [6.07, 6.45) is 4.85. The number of imidazole rings is 1. The van der Waals surface area contributed by atoms with E-state index in [9.17, 15) is 18.7 Å². The van der Waals surface area contributed by atoms with Crippen molar-refractivity contribution in [3.63, 3.8) is 0 Å². The fourth-order valence-electron chi connectivity index (χ4n) is 6.22. The molecule has 2 aromatic carbocycles. The number of aryl methyl sites for hydroxylation is 1. The van der Waals surface area contributed by atoms with Crippen LogP contribution in [-0.2, 0) is 25.0 Å². The van der Waals surface area contributed by atoms with Crippen LogP contribution in [0, 0.1) is 5.92 Å². The topological polar surface area (TPSA) is 85.4 Å². The van der Waals surface area contributed by atoms with Gasteiger partial charge in [0.1, 0.15) is 18.2 Å². The summed E-state index contributed by atoms with van der Waals surface area (Å²) in [5.74, 6) is -2.61. The minimum Gasteiger partial charge on any atom is -0.487 e. The van der Waals surface area contributed by atoms with Crippen LogP contribution in [0.25, 0.3) is 11.0 Å². The lowest BCUT2D eigenvalue weighted by atomic mass is 9.78. The van der Waals surface area contributed by atoms with Gasteiger partial charge in [-0.3, -0.25) is 9.48 Å². The summed E-state index contributed by atoms with van der Waals surface area (Å²) >= 11 is 0. The van der Waals surface area contributed by atoms with E-state index in [1.165, 1.54) is 0 Å². The normalized spacial score (nSPS) is 20.8. The highest BCUT2D eigenvalue weighted by molar-refractivity contribution is 5.79. The zero-order chi connectivity index (χ0) is 28.6. The zero-order valence-corrected chi connectivity index (χ0v) is 23.2. The quantitative estimate of drug-likeness (QED) is 0.284. The molecule has 1 saturated carbocycles. The molecule has 0 amide bonds. The number of alkyl halides is 2. The monoisotopic (exact) mass is 563 g/mol. The van der Waals surface area contributed by atoms with Crippen LogP contribution in [0.15, 0.2) is 54.7 Å². The van der Waals surface area contributed by atoms with Crippen LogP contribution >= 0.6 is 0 Å². The average Bonchev–Trinajstić information content (AvgIpc) is 3.54. The number of anilines is 1. The Hall–Kier alpha value is -3.95. The van der Waals surface area contributed by atoms with E-state index < -0.39 is 17.8 Å². The van der Waals surface area contributed by atoms with Crippen molar-refractivity contribution in [3.05, 3.63) is 71.8 Å². The second-order valence-corrected chi connectivity index (χ2v) is 11.3. The third-order valence-electron chi connectivity index (χ3n) is 8.43. The van der Waals surface area contributed by atoms with Gasteiger partial charge in [-0.25, -0.2) is 13.8 Å². The molecule has 6 rings (SSSR count). The third-order valence-corrected chi connectivity index (χ3v) is 8.43. The number of halogens is 2. The highest BCUT2D eigenvalue weighted by Gasteiger charge is 2.36. The van der Waals surface area contributed by atoms with Gasteiger partial charge in [0.25, 0.3) is 5.92 Å². The number of carboxylic acid groups (broad SMARTS) is 1. The molecule has 10 heteroatoms. The summed E-state index contributed by atoms with van der Waals surface area (Å²) in [6, 6.07) is 15.7. The molecule has 2 aromatic heterocycles. The highest BCUT2D eigenvalue weighted by Crippen LogP contribution is 2.40. The maximum atomic E-state index is 13.8. The molecular formula is C31H35F2N5O3. The number of carbonyl (C=O) groups is 1. The summed E-state index contributed by atoms with van der Waals surface area (Å²) in [4.78, 5) is 19.2. The van der Waals surface area contributed by atoms with E-state index in [1.807, 2.05) is 60.6 Å². The lowest BCUT2D eigenvalue weighted by Crippen LogP contribution is -2.39. The number of hydrogen-bond acceptors (Lipinski definition) is 5. The second-order valence-electron chi connectivity index (χ2n) is 11.3. The minimum absolute atomic E-state index is 0.146. The van der Waals surface area contributed by atoms with Crippen molar-refractivity contribution in [1.29, 1.82) is 0 Å². The number of carboxylic acids is 1. The van der Waals surface area contributed by atoms with E-state index in [2.05, 4.69) is 15.7 Å². The predicted molar refractivity (Wildman–Crippen MR) is 152 cm³/mol. The van der Waals surface area contributed by atoms with Crippen LogP contribution in [0.2, 0.25) is 0 Å². The number of rotatable bonds is 8. The average molecular weight is 564 g/mol. The molecule has 8 nitrogen and oxygen atoms in total. The van der Waals surface area contributed by atoms with Crippen molar-refractivity contribution in [1.82, 2.24) is 19.3 Å². The minimum atomic E-state index is -2.60. The lowest BCUT2D eigenvalue weighted by Gasteiger charge is -2.33. The largest absolute Gasteiger partial charge is 0.487 e. The van der Waals surface area contributed by atoms with E-state index in [-0.39, 0.29) is 18.8 Å². The Bertz CT molecular complexity index is 1540. The molecule has 0 spiro atoms. The van der Waals surface area contributed by atoms with Crippen molar-refractivity contribution in [2.75, 3.05) is 18.0 Å². The Kier molecular flexibility index (Phi) is 7.40. The maximum Gasteiger partial charge on any atom is 0.307 e. The first-order valence-corrected chi connectivity index (χ1v) is 14.3. The molecule has 216 valence electrons. The Labute approximate surface area is 237 Å². The molecule has 2 atom stereocenters. The van der Waals surface area contributed by atoms with Crippen molar-refractivity contribution in [3.8, 4) is 5.75 Å². The molecule has 0 bridgehead atoms. The summed E-state index contributed by atoms with van der Waals surface area (Å²) in [7, 11) is 1.86. The smallest absolute Gasteiger partial charge is 0.307 e. The van der Waals surface area contributed by atoms with Crippen molar-refractivity contribution < 1.29 is 23.4 Å². The molecule has 4 aromatic rings. The molecule has 1 N–H and O–H groups in total. The summed E-state index contributed by atoms with van der Waals surface area (Å²) < 4.78 is 37.5. The Morgan fingerprint density at radius 1 is 1.10 bits per heavy atom. The van der Waals surface area contributed by atoms with E-state index in [0.29, 0.717) is 38.4 Å². The van der Waals surface area contributed by atoms with Crippen LogP contribution in [0.3, 0.4) is 0 Å². The van der Waals surface area contributed by atoms with Crippen molar-refractivity contribution >= 4 is 22.7 Å². The molecule has 41 heavy (non-hydrogen) atoms. The number of nitrogens with zero attached hydrogens (tertiary/aromatic N) is 5. The summed E-state index contributed by atoms with van der Waals surface area (Å²) in [6.45, 7) is 1.44. The van der Waals surface area contributed by atoms with Gasteiger partial charge in [-0.05, 0) is 48.7 Å². The number of aliphatic carboxylic acids is 1. The Morgan fingerprint density at radius 2 is 1.90 bits per heavy atom. The molecule has 2 fully saturated rings. The van der Waals surface area contributed by atoms with E-state index in [4.69, 9.17) is 9.72 Å². The van der Waals surface area contributed by atoms with Crippen molar-refractivity contribution in [2.45, 2.75) is 63.5 Å². The van der Waals surface area contributed by atoms with Gasteiger partial charge < -0.3 is 19.3 Å². The van der Waals surface area contributed by atoms with E-state index >= 15 is 0 Å². The van der Waals surface area contributed by atoms with Crippen LogP contribution in [0.4, 0.5) is 14.5 Å². The number of ether oxygens (including phenoxy) is 1. The van der Waals surface area contributed by atoms with Gasteiger partial charge in [-0.15, -0.1) is 0 Å². The number of aromatic nitrogens is 4. The molecule has 2 aliphatic rings. The fourth-order valence-corrected chi connectivity index (χ4v) is 6.22. The number of benzene rings is 2. The first kappa shape index (κ1) is 27.2. The second kappa shape index (κ2) is 11.1. The maximum absolute atomic E-state index is 13.8. The predicted octanol–water partition coefficient (Wildman–Crippen LogP) is 5.99. The Morgan fingerprint density at radius 3 is 2.66 bits per heavy atom. The van der Waals surface area contributed by atoms with Gasteiger partial charge in [0.05, 0.1) is 22.6 Å². The molecule has 1 aliphatic heterocycles. The van der Waals surface area contributed by atoms with Gasteiger partial charge in [0.2, 0.25) is 0 Å². The number of fused-ring (bicyclic) bond motifs is 1. The molecule has 1 aliphatic carbocycles. The molecule has 0 radical (unpaired) electrons. The lowest BCUT2D eigenvalue weighted by molar-refractivity contribution is -0.143. The molecule has 1 unspecified atom stereocenters. The Balaban J connectivity index is 1.35. The first-order valence-electron chi connectivity index (χ1n) is 14.3. The number of hydrogen-bond donors (Lipinski definition) is 1. The molecule has 3 heterocycles. The summed E-state index contributed by atoms with van der Waals surface area (Å²) in [5, 5.41) is 14.4. The van der Waals surface area contributed by atoms with Gasteiger partial charge in [-0.2, -0.15) is 5.10 Å². The van der Waals surface area contributed by atoms with Gasteiger partial charge in [-0.1, -0.05) is 25.0 Å². The van der Waals surface area contributed by atoms with Crippen molar-refractivity contribution in [2.24, 2.45) is 13.0 Å². The van der Waals surface area contributed by atoms with E-state index in [0.717, 1.165) is 53.1 Å². The number of piperidine rings is 1. The molecular weight excluding hydrogens is 528 g/mol. The highest BCUT2D eigenvalue weighted by atomic mass is 19.3.